The van der Waals surface area contributed by atoms with Crippen molar-refractivity contribution in [2.75, 3.05) is 6.61 Å². The van der Waals surface area contributed by atoms with Crippen LogP contribution in [0.15, 0.2) is 65.7 Å². The zero-order valence-corrected chi connectivity index (χ0v) is 18.4. The van der Waals surface area contributed by atoms with Crippen molar-refractivity contribution >= 4 is 16.0 Å². The molecule has 3 aromatic rings. The van der Waals surface area contributed by atoms with E-state index in [1.165, 1.54) is 18.3 Å². The minimum atomic E-state index is -5.13. The van der Waals surface area contributed by atoms with Crippen molar-refractivity contribution in [2.24, 2.45) is 0 Å². The molecular weight excluding hydrogens is 496 g/mol. The first-order valence-electron chi connectivity index (χ1n) is 9.93. The van der Waals surface area contributed by atoms with Gasteiger partial charge in [-0.1, -0.05) is 6.07 Å². The highest BCUT2D eigenvalue weighted by Gasteiger charge is 2.45. The fraction of sp³-hybridized carbons (Fsp3) is 0.182. The van der Waals surface area contributed by atoms with Gasteiger partial charge in [0.1, 0.15) is 17.0 Å². The number of hydrogen-bond acceptors (Lipinski definition) is 6. The monoisotopic (exact) mass is 512 g/mol. The van der Waals surface area contributed by atoms with Gasteiger partial charge in [0.2, 0.25) is 10.0 Å². The van der Waals surface area contributed by atoms with Gasteiger partial charge in [0.05, 0.1) is 17.1 Å². The van der Waals surface area contributed by atoms with Crippen molar-refractivity contribution in [3.63, 3.8) is 0 Å². The summed E-state index contributed by atoms with van der Waals surface area (Å²) in [5, 5.41) is 9.05. The number of pyridine rings is 1. The van der Waals surface area contributed by atoms with Gasteiger partial charge < -0.3 is 14.6 Å². The zero-order chi connectivity index (χ0) is 25.4. The van der Waals surface area contributed by atoms with Crippen molar-refractivity contribution in [3.05, 3.63) is 83.4 Å². The Morgan fingerprint density at radius 3 is 2.49 bits per heavy atom. The lowest BCUT2D eigenvalue weighted by molar-refractivity contribution is -0.275. The summed E-state index contributed by atoms with van der Waals surface area (Å²) in [6.45, 7) is -0.0262. The molecule has 0 bridgehead atoms. The smallest absolute Gasteiger partial charge is 0.491 e. The van der Waals surface area contributed by atoms with Gasteiger partial charge in [-0.3, -0.25) is 4.98 Å². The van der Waals surface area contributed by atoms with Gasteiger partial charge in [-0.2, -0.15) is 4.72 Å². The van der Waals surface area contributed by atoms with Crippen LogP contribution in [0.3, 0.4) is 0 Å². The van der Waals surface area contributed by atoms with Crippen molar-refractivity contribution in [1.29, 1.82) is 0 Å². The number of carboxylic acid groups (broad SMARTS) is 1. The lowest BCUT2D eigenvalue weighted by Crippen LogP contribution is -2.50. The summed E-state index contributed by atoms with van der Waals surface area (Å²) in [7, 11) is -4.38. The number of sulfonamides is 1. The van der Waals surface area contributed by atoms with E-state index in [2.05, 4.69) is 14.4 Å². The highest BCUT2D eigenvalue weighted by molar-refractivity contribution is 7.89. The highest BCUT2D eigenvalue weighted by atomic mass is 32.2. The third-order valence-electron chi connectivity index (χ3n) is 5.28. The van der Waals surface area contributed by atoms with Crippen LogP contribution in [0, 0.1) is 5.82 Å². The van der Waals surface area contributed by atoms with Gasteiger partial charge in [-0.15, -0.1) is 13.2 Å². The van der Waals surface area contributed by atoms with E-state index >= 15 is 0 Å². The summed E-state index contributed by atoms with van der Waals surface area (Å²) in [6, 6.07) is 10.0. The number of hydrogen-bond donors (Lipinski definition) is 2. The molecule has 0 radical (unpaired) electrons. The van der Waals surface area contributed by atoms with Gasteiger partial charge >= 0.3 is 12.3 Å². The molecule has 1 aromatic heterocycles. The molecule has 184 valence electrons. The Hall–Kier alpha value is -3.71. The third-order valence-corrected chi connectivity index (χ3v) is 6.79. The van der Waals surface area contributed by atoms with E-state index in [0.717, 1.165) is 42.5 Å². The van der Waals surface area contributed by atoms with Gasteiger partial charge in [-0.05, 0) is 54.1 Å². The summed E-state index contributed by atoms with van der Waals surface area (Å²) in [5.41, 5.74) is -1.84. The first-order chi connectivity index (χ1) is 16.4. The van der Waals surface area contributed by atoms with Crippen LogP contribution in [0.2, 0.25) is 0 Å². The van der Waals surface area contributed by atoms with E-state index in [9.17, 15) is 30.8 Å². The number of benzene rings is 2. The van der Waals surface area contributed by atoms with E-state index in [0.29, 0.717) is 0 Å². The molecule has 0 saturated carbocycles. The van der Waals surface area contributed by atoms with E-state index in [-0.39, 0.29) is 40.5 Å². The Labute approximate surface area is 196 Å². The van der Waals surface area contributed by atoms with Crippen molar-refractivity contribution in [1.82, 2.24) is 9.71 Å². The number of fused-ring (bicyclic) bond motifs is 1. The van der Waals surface area contributed by atoms with E-state index in [4.69, 9.17) is 9.84 Å². The van der Waals surface area contributed by atoms with E-state index in [1.807, 2.05) is 0 Å². The maximum atomic E-state index is 14.6. The van der Waals surface area contributed by atoms with Crippen LogP contribution in [0.4, 0.5) is 17.6 Å². The number of aromatic nitrogens is 1. The van der Waals surface area contributed by atoms with E-state index < -0.39 is 39.5 Å². The number of aromatic carboxylic acids is 1. The Morgan fingerprint density at radius 1 is 1.14 bits per heavy atom. The predicted octanol–water partition coefficient (Wildman–Crippen LogP) is 3.82. The molecule has 8 nitrogen and oxygen atoms in total. The quantitative estimate of drug-likeness (QED) is 0.483. The molecular formula is C22H16F4N2O6S. The number of nitrogens with zero attached hydrogens (tertiary/aromatic N) is 1. The molecule has 2 heterocycles. The minimum absolute atomic E-state index is 0.0262. The Kier molecular flexibility index (Phi) is 6.15. The first-order valence-corrected chi connectivity index (χ1v) is 11.4. The fourth-order valence-corrected chi connectivity index (χ4v) is 5.13. The topological polar surface area (TPSA) is 115 Å². The maximum absolute atomic E-state index is 14.6. The molecule has 0 saturated heterocycles. The number of carbonyl (C=O) groups is 1. The molecule has 0 amide bonds. The minimum Gasteiger partial charge on any atom is -0.491 e. The molecule has 13 heteroatoms. The number of ether oxygens (including phenoxy) is 2. The molecule has 1 atom stereocenters. The molecule has 35 heavy (non-hydrogen) atoms. The average molecular weight is 512 g/mol. The average Bonchev–Trinajstić information content (AvgIpc) is 2.79. The number of alkyl halides is 3. The molecule has 1 aliphatic rings. The van der Waals surface area contributed by atoms with Crippen LogP contribution in [-0.4, -0.2) is 37.4 Å². The van der Waals surface area contributed by atoms with Crippen LogP contribution in [0.25, 0.3) is 0 Å². The third kappa shape index (κ3) is 4.91. The summed E-state index contributed by atoms with van der Waals surface area (Å²) in [5.74, 6) is -3.51. The molecule has 2 aromatic carbocycles. The maximum Gasteiger partial charge on any atom is 0.573 e. The fourth-order valence-electron chi connectivity index (χ4n) is 3.74. The molecule has 0 spiro atoms. The first kappa shape index (κ1) is 24.4. The summed E-state index contributed by atoms with van der Waals surface area (Å²) >= 11 is 0. The largest absolute Gasteiger partial charge is 0.573 e. The number of nitrogens with one attached hydrogen (secondary N) is 1. The second kappa shape index (κ2) is 8.82. The van der Waals surface area contributed by atoms with Gasteiger partial charge in [-0.25, -0.2) is 17.6 Å². The number of rotatable bonds is 6. The van der Waals surface area contributed by atoms with Crippen LogP contribution in [0.1, 0.15) is 28.0 Å². The van der Waals surface area contributed by atoms with E-state index in [1.54, 1.807) is 0 Å². The second-order valence-corrected chi connectivity index (χ2v) is 9.16. The Balaban J connectivity index is 1.83. The molecule has 1 aliphatic heterocycles. The number of halogens is 4. The normalized spacial score (nSPS) is 17.8. The van der Waals surface area contributed by atoms with Crippen molar-refractivity contribution in [2.45, 2.75) is 23.2 Å². The zero-order valence-electron chi connectivity index (χ0n) is 17.5. The molecule has 0 fully saturated rings. The summed E-state index contributed by atoms with van der Waals surface area (Å²) < 4.78 is 90.8. The van der Waals surface area contributed by atoms with Crippen LogP contribution >= 0.6 is 0 Å². The Bertz CT molecular complexity index is 1380. The van der Waals surface area contributed by atoms with Crippen LogP contribution < -0.4 is 14.2 Å². The van der Waals surface area contributed by atoms with Gasteiger partial charge in [0, 0.05) is 12.6 Å². The van der Waals surface area contributed by atoms with Crippen LogP contribution in [-0.2, 0) is 15.6 Å². The molecule has 4 rings (SSSR count). The van der Waals surface area contributed by atoms with Crippen molar-refractivity contribution in [3.8, 4) is 11.5 Å². The second-order valence-electron chi connectivity index (χ2n) is 7.48. The van der Waals surface area contributed by atoms with Gasteiger partial charge in [0.15, 0.2) is 11.6 Å². The standard InChI is InChI=1S/C22H16F4N2O6S/c23-16-12-14(5-8-17(16)34-22(24,25)26)21(9-11-33-18-2-1-10-27-19(18)21)28-35(31,32)15-6-3-13(4-7-15)20(29)30/h1-8,10,12,28H,9,11H2,(H,29,30). The molecule has 0 aliphatic carbocycles. The van der Waals surface area contributed by atoms with Crippen molar-refractivity contribution < 1.29 is 45.4 Å². The summed E-state index contributed by atoms with van der Waals surface area (Å²) in [4.78, 5) is 15.0. The SMILES string of the molecule is O=C(O)c1ccc(S(=O)(=O)NC2(c3ccc(OC(F)(F)F)c(F)c3)CCOc3cccnc32)cc1. The van der Waals surface area contributed by atoms with Crippen LogP contribution in [0.5, 0.6) is 11.5 Å². The predicted molar refractivity (Wildman–Crippen MR) is 112 cm³/mol. The van der Waals surface area contributed by atoms with Gasteiger partial charge in [0.25, 0.3) is 0 Å². The Morgan fingerprint density at radius 2 is 1.86 bits per heavy atom. The lowest BCUT2D eigenvalue weighted by atomic mass is 9.82. The molecule has 2 N–H and O–H groups in total. The highest BCUT2D eigenvalue weighted by Crippen LogP contribution is 2.42. The molecule has 1 unspecified atom stereocenters. The number of carboxylic acids is 1. The summed E-state index contributed by atoms with van der Waals surface area (Å²) in [6.07, 6.45) is -3.85. The lowest BCUT2D eigenvalue weighted by Gasteiger charge is -2.38.